The maximum Gasteiger partial charge on any atom is 0.339 e. The lowest BCUT2D eigenvalue weighted by Gasteiger charge is -2.64. The van der Waals surface area contributed by atoms with Crippen molar-refractivity contribution in [1.82, 2.24) is 0 Å². The number of carbonyl (C=O) groups is 2. The smallest absolute Gasteiger partial charge is 0.339 e. The van der Waals surface area contributed by atoms with Crippen LogP contribution in [-0.4, -0.2) is 33.9 Å². The molecule has 31 heavy (non-hydrogen) atoms. The van der Waals surface area contributed by atoms with Gasteiger partial charge in [-0.15, -0.1) is 0 Å². The van der Waals surface area contributed by atoms with Crippen LogP contribution in [0.15, 0.2) is 6.07 Å². The second-order valence-electron chi connectivity index (χ2n) is 10.9. The number of ether oxygens (including phenoxy) is 2. The number of carbonyl (C=O) groups excluding carboxylic acids is 1. The lowest BCUT2D eigenvalue weighted by atomic mass is 9.44. The van der Waals surface area contributed by atoms with E-state index in [-0.39, 0.29) is 45.7 Å². The van der Waals surface area contributed by atoms with Crippen molar-refractivity contribution >= 4 is 11.9 Å². The molecule has 4 rings (SSSR count). The van der Waals surface area contributed by atoms with E-state index in [1.165, 1.54) is 6.92 Å². The maximum absolute atomic E-state index is 11.7. The number of phenols is 1. The van der Waals surface area contributed by atoms with E-state index in [4.69, 9.17) is 9.47 Å². The van der Waals surface area contributed by atoms with Crippen LogP contribution in [-0.2, 0) is 16.0 Å². The van der Waals surface area contributed by atoms with Gasteiger partial charge in [0.15, 0.2) is 0 Å². The summed E-state index contributed by atoms with van der Waals surface area (Å²) in [6.45, 7) is 12.0. The summed E-state index contributed by atoms with van der Waals surface area (Å²) in [5.41, 5.74) is 0.433. The molecule has 2 N–H and O–H groups in total. The zero-order chi connectivity index (χ0) is 22.9. The monoisotopic (exact) mass is 430 g/mol. The molecule has 0 amide bonds. The van der Waals surface area contributed by atoms with Crippen LogP contribution in [0, 0.1) is 29.6 Å². The summed E-state index contributed by atoms with van der Waals surface area (Å²) < 4.78 is 12.3. The topological polar surface area (TPSA) is 93.1 Å². The van der Waals surface area contributed by atoms with Gasteiger partial charge in [0.25, 0.3) is 0 Å². The third kappa shape index (κ3) is 3.13. The van der Waals surface area contributed by atoms with Crippen molar-refractivity contribution in [3.8, 4) is 11.5 Å². The van der Waals surface area contributed by atoms with E-state index in [0.717, 1.165) is 25.7 Å². The Morgan fingerprint density at radius 1 is 1.13 bits per heavy atom. The van der Waals surface area contributed by atoms with Crippen LogP contribution in [0.2, 0.25) is 0 Å². The zero-order valence-electron chi connectivity index (χ0n) is 19.4. The largest absolute Gasteiger partial charge is 0.507 e. The molecular weight excluding hydrogens is 396 g/mol. The molecule has 3 aliphatic rings. The molecule has 0 unspecified atom stereocenters. The normalized spacial score (nSPS) is 35.7. The Morgan fingerprint density at radius 3 is 2.42 bits per heavy atom. The Kier molecular flexibility index (Phi) is 4.88. The van der Waals surface area contributed by atoms with E-state index in [9.17, 15) is 19.8 Å². The van der Waals surface area contributed by atoms with Gasteiger partial charge in [-0.1, -0.05) is 20.8 Å². The second kappa shape index (κ2) is 6.88. The van der Waals surface area contributed by atoms with Crippen LogP contribution in [0.5, 0.6) is 11.5 Å². The molecule has 2 saturated carbocycles. The lowest BCUT2D eigenvalue weighted by molar-refractivity contribution is -0.203. The number of benzene rings is 1. The van der Waals surface area contributed by atoms with E-state index in [2.05, 4.69) is 27.7 Å². The van der Waals surface area contributed by atoms with Gasteiger partial charge in [-0.05, 0) is 68.9 Å². The van der Waals surface area contributed by atoms with Gasteiger partial charge in [-0.3, -0.25) is 4.79 Å². The molecule has 2 fully saturated rings. The van der Waals surface area contributed by atoms with Gasteiger partial charge in [0, 0.05) is 23.8 Å². The molecule has 170 valence electrons. The molecule has 1 aliphatic heterocycles. The first kappa shape index (κ1) is 22.0. The number of carboxylic acid groups (broad SMARTS) is 1. The van der Waals surface area contributed by atoms with Crippen LogP contribution in [0.1, 0.15) is 81.8 Å². The van der Waals surface area contributed by atoms with Gasteiger partial charge >= 0.3 is 11.9 Å². The fourth-order valence-corrected chi connectivity index (χ4v) is 7.29. The summed E-state index contributed by atoms with van der Waals surface area (Å²) >= 11 is 0. The van der Waals surface area contributed by atoms with Crippen LogP contribution in [0.4, 0.5) is 0 Å². The summed E-state index contributed by atoms with van der Waals surface area (Å²) in [5, 5.41) is 20.5. The fraction of sp³-hybridized carbons (Fsp3) is 0.680. The molecule has 2 aliphatic carbocycles. The van der Waals surface area contributed by atoms with Gasteiger partial charge in [0.1, 0.15) is 28.8 Å². The molecule has 0 spiro atoms. The number of aromatic carboxylic acids is 1. The highest BCUT2D eigenvalue weighted by Gasteiger charge is 2.63. The lowest BCUT2D eigenvalue weighted by Crippen LogP contribution is -2.64. The number of carboxylic acids is 1. The van der Waals surface area contributed by atoms with Crippen molar-refractivity contribution < 1.29 is 29.3 Å². The summed E-state index contributed by atoms with van der Waals surface area (Å²) in [5.74, 6) is -0.468. The minimum atomic E-state index is -1.12. The number of rotatable bonds is 2. The Bertz CT molecular complexity index is 950. The highest BCUT2D eigenvalue weighted by molar-refractivity contribution is 5.93. The quantitative estimate of drug-likeness (QED) is 0.650. The molecule has 0 radical (unpaired) electrons. The van der Waals surface area contributed by atoms with Crippen LogP contribution >= 0.6 is 0 Å². The average Bonchev–Trinajstić information content (AvgIpc) is 2.62. The van der Waals surface area contributed by atoms with Crippen molar-refractivity contribution in [2.75, 3.05) is 0 Å². The zero-order valence-corrected chi connectivity index (χ0v) is 19.4. The standard InChI is InChI=1S/C25H34O6/c1-13-11-16-15(21(27)20(13)22(28)29)12-18-24(5)9-8-19(30-14(2)26)23(3,4)17(24)7-10-25(18,6)31-16/h11,17-19,27H,7-10,12H2,1-6H3,(H,28,29)/t17-,18+,19-,24-,25+/m0/s1. The highest BCUT2D eigenvalue weighted by atomic mass is 16.5. The Morgan fingerprint density at radius 2 is 1.81 bits per heavy atom. The Hall–Kier alpha value is -2.24. The third-order valence-electron chi connectivity index (χ3n) is 8.77. The van der Waals surface area contributed by atoms with E-state index in [1.807, 2.05) is 0 Å². The molecular formula is C25H34O6. The minimum absolute atomic E-state index is 0.0395. The van der Waals surface area contributed by atoms with Crippen molar-refractivity contribution in [2.24, 2.45) is 22.7 Å². The summed E-state index contributed by atoms with van der Waals surface area (Å²) in [6.07, 6.45) is 4.00. The van der Waals surface area contributed by atoms with Crippen molar-refractivity contribution in [2.45, 2.75) is 85.4 Å². The predicted octanol–water partition coefficient (Wildman–Crippen LogP) is 4.88. The number of aromatic hydroxyl groups is 1. The second-order valence-corrected chi connectivity index (χ2v) is 10.9. The molecule has 0 aromatic heterocycles. The first-order valence-electron chi connectivity index (χ1n) is 11.3. The summed E-state index contributed by atoms with van der Waals surface area (Å²) in [7, 11) is 0. The molecule has 6 heteroatoms. The third-order valence-corrected chi connectivity index (χ3v) is 8.77. The van der Waals surface area contributed by atoms with Crippen LogP contribution in [0.3, 0.4) is 0 Å². The van der Waals surface area contributed by atoms with Gasteiger partial charge < -0.3 is 19.7 Å². The number of esters is 1. The first-order valence-corrected chi connectivity index (χ1v) is 11.3. The molecule has 1 aromatic carbocycles. The average molecular weight is 431 g/mol. The molecule has 5 atom stereocenters. The van der Waals surface area contributed by atoms with Crippen LogP contribution in [0.25, 0.3) is 0 Å². The van der Waals surface area contributed by atoms with E-state index in [1.54, 1.807) is 13.0 Å². The molecule has 1 aromatic rings. The first-order chi connectivity index (χ1) is 14.3. The van der Waals surface area contributed by atoms with Crippen molar-refractivity contribution in [3.05, 3.63) is 22.8 Å². The van der Waals surface area contributed by atoms with Gasteiger partial charge in [-0.25, -0.2) is 4.79 Å². The molecule has 0 saturated heterocycles. The van der Waals surface area contributed by atoms with Gasteiger partial charge in [0.05, 0.1) is 0 Å². The molecule has 1 heterocycles. The van der Waals surface area contributed by atoms with Gasteiger partial charge in [-0.2, -0.15) is 0 Å². The minimum Gasteiger partial charge on any atom is -0.507 e. The van der Waals surface area contributed by atoms with E-state index in [0.29, 0.717) is 29.2 Å². The fourth-order valence-electron chi connectivity index (χ4n) is 7.29. The number of fused-ring (bicyclic) bond motifs is 4. The van der Waals surface area contributed by atoms with Crippen molar-refractivity contribution in [1.29, 1.82) is 0 Å². The molecule has 6 nitrogen and oxygen atoms in total. The Labute approximate surface area is 183 Å². The highest BCUT2D eigenvalue weighted by Crippen LogP contribution is 2.65. The van der Waals surface area contributed by atoms with E-state index >= 15 is 0 Å². The summed E-state index contributed by atoms with van der Waals surface area (Å²) in [4.78, 5) is 23.4. The predicted molar refractivity (Wildman–Crippen MR) is 115 cm³/mol. The molecule has 0 bridgehead atoms. The summed E-state index contributed by atoms with van der Waals surface area (Å²) in [6, 6.07) is 1.76. The van der Waals surface area contributed by atoms with Crippen LogP contribution < -0.4 is 4.74 Å². The maximum atomic E-state index is 11.7. The SMILES string of the molecule is CC(=O)O[C@H]1CC[C@]2(C)[C@H]3Cc4c(cc(C)c(C(=O)O)c4O)O[C@]3(C)CC[C@H]2C1(C)C. The number of aryl methyl sites for hydroxylation is 1. The van der Waals surface area contributed by atoms with Gasteiger partial charge in [0.2, 0.25) is 0 Å². The van der Waals surface area contributed by atoms with Crippen molar-refractivity contribution in [3.63, 3.8) is 0 Å². The Balaban J connectivity index is 1.76. The van der Waals surface area contributed by atoms with E-state index < -0.39 is 5.97 Å². The number of hydrogen-bond acceptors (Lipinski definition) is 5. The number of hydrogen-bond donors (Lipinski definition) is 2.